The first-order valence-electron chi connectivity index (χ1n) is 12.3. The summed E-state index contributed by atoms with van der Waals surface area (Å²) in [5.74, 6) is 0.385. The van der Waals surface area contributed by atoms with E-state index in [4.69, 9.17) is 17.0 Å². The number of hydrogen-bond donors (Lipinski definition) is 2. The number of anilines is 3. The highest BCUT2D eigenvalue weighted by Gasteiger charge is 2.42. The third kappa shape index (κ3) is 5.41. The molecule has 0 spiro atoms. The molecule has 39 heavy (non-hydrogen) atoms. The van der Waals surface area contributed by atoms with E-state index in [1.165, 1.54) is 7.11 Å². The van der Waals surface area contributed by atoms with Crippen LogP contribution < -0.4 is 24.6 Å². The summed E-state index contributed by atoms with van der Waals surface area (Å²) >= 11 is 5.88. The maximum atomic E-state index is 11.9. The Labute approximate surface area is 234 Å². The van der Waals surface area contributed by atoms with Crippen LogP contribution in [0.3, 0.4) is 0 Å². The van der Waals surface area contributed by atoms with Crippen LogP contribution in [0.2, 0.25) is 0 Å². The molecule has 1 aliphatic heterocycles. The van der Waals surface area contributed by atoms with Gasteiger partial charge in [0, 0.05) is 55.3 Å². The van der Waals surface area contributed by atoms with Crippen molar-refractivity contribution in [3.63, 3.8) is 0 Å². The van der Waals surface area contributed by atoms with Crippen LogP contribution in [0.4, 0.5) is 17.1 Å². The van der Waals surface area contributed by atoms with Gasteiger partial charge in [-0.05, 0) is 72.9 Å². The molecule has 4 aromatic rings. The molecule has 1 saturated heterocycles. The summed E-state index contributed by atoms with van der Waals surface area (Å²) < 4.78 is 34.0. The molecule has 2 atom stereocenters. The Bertz CT molecular complexity index is 1590. The fourth-order valence-corrected chi connectivity index (χ4v) is 5.74. The number of ether oxygens (including phenoxy) is 1. The molecule has 2 N–H and O–H groups in total. The summed E-state index contributed by atoms with van der Waals surface area (Å²) in [5, 5.41) is 4.00. The van der Waals surface area contributed by atoms with E-state index in [2.05, 4.69) is 54.8 Å². The zero-order valence-electron chi connectivity index (χ0n) is 22.1. The second-order valence-corrected chi connectivity index (χ2v) is 11.6. The Morgan fingerprint density at radius 2 is 1.77 bits per heavy atom. The van der Waals surface area contributed by atoms with Crippen molar-refractivity contribution in [2.75, 3.05) is 42.0 Å². The number of sulfonamides is 1. The lowest BCUT2D eigenvalue weighted by atomic mass is 10.0. The summed E-state index contributed by atoms with van der Waals surface area (Å²) in [7, 11) is 2.05. The van der Waals surface area contributed by atoms with Crippen molar-refractivity contribution in [3.05, 3.63) is 96.6 Å². The molecular formula is C28H30N6O3S2. The van der Waals surface area contributed by atoms with E-state index in [1.54, 1.807) is 18.3 Å². The lowest BCUT2D eigenvalue weighted by molar-refractivity contribution is 0.417. The summed E-state index contributed by atoms with van der Waals surface area (Å²) in [4.78, 5) is 8.73. The molecule has 9 nitrogen and oxygen atoms in total. The van der Waals surface area contributed by atoms with E-state index in [9.17, 15) is 8.42 Å². The lowest BCUT2D eigenvalue weighted by Crippen LogP contribution is -2.30. The number of nitrogens with one attached hydrogen (secondary N) is 2. The number of methoxy groups -OCH3 is 1. The largest absolute Gasteiger partial charge is 0.494 e. The Morgan fingerprint density at radius 3 is 2.41 bits per heavy atom. The lowest BCUT2D eigenvalue weighted by Gasteiger charge is -2.29. The minimum absolute atomic E-state index is 0.242. The van der Waals surface area contributed by atoms with Crippen LogP contribution in [0.5, 0.6) is 5.75 Å². The molecule has 0 unspecified atom stereocenters. The van der Waals surface area contributed by atoms with Gasteiger partial charge in [0.25, 0.3) is 0 Å². The predicted molar refractivity (Wildman–Crippen MR) is 159 cm³/mol. The van der Waals surface area contributed by atoms with Gasteiger partial charge >= 0.3 is 0 Å². The fourth-order valence-electron chi connectivity index (χ4n) is 4.83. The molecule has 2 aromatic carbocycles. The number of benzene rings is 2. The molecule has 1 aliphatic rings. The third-order valence-electron chi connectivity index (χ3n) is 6.58. The van der Waals surface area contributed by atoms with Gasteiger partial charge in [0.15, 0.2) is 5.11 Å². The molecular weight excluding hydrogens is 532 g/mol. The highest BCUT2D eigenvalue weighted by Crippen LogP contribution is 2.44. The normalized spacial score (nSPS) is 17.1. The van der Waals surface area contributed by atoms with Crippen LogP contribution in [0.15, 0.2) is 85.2 Å². The Kier molecular flexibility index (Phi) is 7.19. The molecule has 3 heterocycles. The van der Waals surface area contributed by atoms with E-state index in [-0.39, 0.29) is 12.1 Å². The number of rotatable bonds is 8. The summed E-state index contributed by atoms with van der Waals surface area (Å²) in [6, 6.07) is 23.1. The zero-order valence-corrected chi connectivity index (χ0v) is 23.7. The molecule has 11 heteroatoms. The number of nitrogens with zero attached hydrogens (tertiary/aromatic N) is 4. The average molecular weight is 563 g/mol. The Balaban J connectivity index is 1.63. The van der Waals surface area contributed by atoms with Crippen molar-refractivity contribution in [3.8, 4) is 11.4 Å². The van der Waals surface area contributed by atoms with E-state index in [0.717, 1.165) is 34.7 Å². The van der Waals surface area contributed by atoms with E-state index in [1.807, 2.05) is 55.5 Å². The van der Waals surface area contributed by atoms with E-state index >= 15 is 0 Å². The van der Waals surface area contributed by atoms with Crippen molar-refractivity contribution in [2.24, 2.45) is 0 Å². The molecule has 5 rings (SSSR count). The maximum absolute atomic E-state index is 11.9. The average Bonchev–Trinajstić information content (AvgIpc) is 3.53. The summed E-state index contributed by atoms with van der Waals surface area (Å²) in [6.45, 7) is 0. The monoisotopic (exact) mass is 562 g/mol. The van der Waals surface area contributed by atoms with Gasteiger partial charge in [-0.3, -0.25) is 9.71 Å². The van der Waals surface area contributed by atoms with Gasteiger partial charge in [-0.2, -0.15) is 0 Å². The number of thiocarbonyl (C=S) groups is 1. The van der Waals surface area contributed by atoms with Gasteiger partial charge in [-0.1, -0.05) is 6.07 Å². The van der Waals surface area contributed by atoms with Crippen LogP contribution in [0, 0.1) is 0 Å². The number of hydrogen-bond acceptors (Lipinski definition) is 6. The minimum Gasteiger partial charge on any atom is -0.494 e. The standard InChI is InChI=1S/C28H30N6O3S2/c1-32(2)19-10-12-20(13-11-19)33-17-7-9-24(33)27-26(23-8-5-6-16-29-23)30-28(38)34(27)21-14-15-22(25(18-21)37-3)31-39(4,35)36/h5-18,26-27,31H,1-4H3,(H,30,38)/t26-,27-/m1/s1. The van der Waals surface area contributed by atoms with Crippen LogP contribution >= 0.6 is 12.2 Å². The molecule has 0 bridgehead atoms. The quantitative estimate of drug-likeness (QED) is 0.304. The van der Waals surface area contributed by atoms with Crippen molar-refractivity contribution < 1.29 is 13.2 Å². The van der Waals surface area contributed by atoms with Crippen molar-refractivity contribution >= 4 is 44.4 Å². The number of pyridine rings is 1. The smallest absolute Gasteiger partial charge is 0.229 e. The molecule has 0 amide bonds. The third-order valence-corrected chi connectivity index (χ3v) is 7.49. The molecule has 0 saturated carbocycles. The second kappa shape index (κ2) is 10.6. The van der Waals surface area contributed by atoms with Gasteiger partial charge in [-0.25, -0.2) is 8.42 Å². The van der Waals surface area contributed by atoms with Gasteiger partial charge in [-0.15, -0.1) is 0 Å². The van der Waals surface area contributed by atoms with Crippen LogP contribution in [-0.4, -0.2) is 50.5 Å². The zero-order chi connectivity index (χ0) is 27.7. The van der Waals surface area contributed by atoms with Crippen LogP contribution in [0.1, 0.15) is 23.5 Å². The molecule has 0 aliphatic carbocycles. The first-order valence-corrected chi connectivity index (χ1v) is 14.6. The fraction of sp³-hybridized carbons (Fsp3) is 0.214. The number of aromatic nitrogens is 2. The molecule has 2 aromatic heterocycles. The SMILES string of the molecule is COc1cc(N2C(=S)N[C@H](c3ccccn3)[C@H]2c2cccn2-c2ccc(N(C)C)cc2)ccc1NS(C)(=O)=O. The highest BCUT2D eigenvalue weighted by molar-refractivity contribution is 7.92. The summed E-state index contributed by atoms with van der Waals surface area (Å²) in [5.41, 5.74) is 5.09. The maximum Gasteiger partial charge on any atom is 0.229 e. The van der Waals surface area contributed by atoms with Crippen molar-refractivity contribution in [1.82, 2.24) is 14.9 Å². The van der Waals surface area contributed by atoms with Crippen molar-refractivity contribution in [2.45, 2.75) is 12.1 Å². The highest BCUT2D eigenvalue weighted by atomic mass is 32.2. The predicted octanol–water partition coefficient (Wildman–Crippen LogP) is 4.50. The van der Waals surface area contributed by atoms with E-state index < -0.39 is 10.0 Å². The Morgan fingerprint density at radius 1 is 1.03 bits per heavy atom. The first kappa shape index (κ1) is 26.5. The minimum atomic E-state index is -3.48. The van der Waals surface area contributed by atoms with Crippen molar-refractivity contribution in [1.29, 1.82) is 0 Å². The molecule has 202 valence electrons. The van der Waals surface area contributed by atoms with Crippen LogP contribution in [0.25, 0.3) is 5.69 Å². The van der Waals surface area contributed by atoms with Crippen LogP contribution in [-0.2, 0) is 10.0 Å². The summed E-state index contributed by atoms with van der Waals surface area (Å²) in [6.07, 6.45) is 4.91. The van der Waals surface area contributed by atoms with Gasteiger partial charge in [0.1, 0.15) is 11.8 Å². The Hall–Kier alpha value is -4.09. The second-order valence-electron chi connectivity index (χ2n) is 9.47. The van der Waals surface area contributed by atoms with Gasteiger partial charge in [0.05, 0.1) is 30.8 Å². The first-order chi connectivity index (χ1) is 18.7. The van der Waals surface area contributed by atoms with E-state index in [0.29, 0.717) is 16.5 Å². The molecule has 0 radical (unpaired) electrons. The van der Waals surface area contributed by atoms with Gasteiger partial charge in [0.2, 0.25) is 10.0 Å². The van der Waals surface area contributed by atoms with Gasteiger partial charge < -0.3 is 24.4 Å². The molecule has 1 fully saturated rings. The topological polar surface area (TPSA) is 91.7 Å².